The Morgan fingerprint density at radius 3 is 2.64 bits per heavy atom. The van der Waals surface area contributed by atoms with Gasteiger partial charge in [0.15, 0.2) is 0 Å². The molecule has 1 unspecified atom stereocenters. The van der Waals surface area contributed by atoms with Crippen LogP contribution in [0.4, 0.5) is 0 Å². The number of aliphatic hydroxyl groups is 1. The highest BCUT2D eigenvalue weighted by atomic mass is 16.5. The smallest absolute Gasteiger partial charge is 0.125 e. The van der Waals surface area contributed by atoms with Gasteiger partial charge in [-0.25, -0.2) is 0 Å². The van der Waals surface area contributed by atoms with Crippen molar-refractivity contribution in [2.45, 2.75) is 13.0 Å². The van der Waals surface area contributed by atoms with E-state index in [1.165, 1.54) is 13.2 Å². The van der Waals surface area contributed by atoms with Crippen LogP contribution in [-0.2, 0) is 0 Å². The number of rotatable bonds is 3. The van der Waals surface area contributed by atoms with Crippen molar-refractivity contribution in [2.24, 2.45) is 5.73 Å². The van der Waals surface area contributed by atoms with Crippen molar-refractivity contribution in [3.8, 4) is 11.5 Å². The predicted molar refractivity (Wildman–Crippen MR) is 53.4 cm³/mol. The van der Waals surface area contributed by atoms with Crippen molar-refractivity contribution >= 4 is 0 Å². The summed E-state index contributed by atoms with van der Waals surface area (Å²) in [5.74, 6) is 0.598. The van der Waals surface area contributed by atoms with E-state index >= 15 is 0 Å². The van der Waals surface area contributed by atoms with E-state index in [1.54, 1.807) is 6.07 Å². The molecule has 78 valence electrons. The van der Waals surface area contributed by atoms with E-state index < -0.39 is 6.10 Å². The third kappa shape index (κ3) is 1.97. The zero-order valence-electron chi connectivity index (χ0n) is 8.32. The molecule has 0 aromatic heterocycles. The number of methoxy groups -OCH3 is 1. The Kier molecular flexibility index (Phi) is 3.33. The summed E-state index contributed by atoms with van der Waals surface area (Å²) in [6, 6.07) is 3.15. The van der Waals surface area contributed by atoms with Crippen LogP contribution in [0.1, 0.15) is 17.2 Å². The maximum atomic E-state index is 9.55. The number of aromatic hydroxyl groups is 1. The SMILES string of the molecule is COc1cc(O)c(C(O)CN)cc1C. The summed E-state index contributed by atoms with van der Waals surface area (Å²) >= 11 is 0. The summed E-state index contributed by atoms with van der Waals surface area (Å²) in [4.78, 5) is 0. The van der Waals surface area contributed by atoms with Crippen molar-refractivity contribution in [1.29, 1.82) is 0 Å². The number of hydrogen-bond donors (Lipinski definition) is 3. The number of phenols is 1. The van der Waals surface area contributed by atoms with Gasteiger partial charge in [-0.3, -0.25) is 0 Å². The third-order valence-corrected chi connectivity index (χ3v) is 2.13. The summed E-state index contributed by atoms with van der Waals surface area (Å²) in [6.07, 6.45) is -0.834. The van der Waals surface area contributed by atoms with Crippen molar-refractivity contribution in [3.05, 3.63) is 23.3 Å². The molecule has 0 heterocycles. The van der Waals surface area contributed by atoms with Gasteiger partial charge < -0.3 is 20.7 Å². The number of aliphatic hydroxyl groups excluding tert-OH is 1. The average molecular weight is 197 g/mol. The van der Waals surface area contributed by atoms with Crippen molar-refractivity contribution in [2.75, 3.05) is 13.7 Å². The average Bonchev–Trinajstić information content (AvgIpc) is 2.19. The van der Waals surface area contributed by atoms with Gasteiger partial charge in [-0.2, -0.15) is 0 Å². The first-order valence-electron chi connectivity index (χ1n) is 4.35. The van der Waals surface area contributed by atoms with E-state index in [2.05, 4.69) is 0 Å². The Morgan fingerprint density at radius 1 is 1.50 bits per heavy atom. The molecule has 4 N–H and O–H groups in total. The maximum absolute atomic E-state index is 9.55. The van der Waals surface area contributed by atoms with E-state index in [4.69, 9.17) is 10.5 Å². The molecule has 0 aliphatic carbocycles. The van der Waals surface area contributed by atoms with E-state index in [0.717, 1.165) is 5.56 Å². The monoisotopic (exact) mass is 197 g/mol. The molecule has 4 heteroatoms. The number of nitrogens with two attached hydrogens (primary N) is 1. The van der Waals surface area contributed by atoms with Gasteiger partial charge in [0.2, 0.25) is 0 Å². The van der Waals surface area contributed by atoms with Gasteiger partial charge in [0.1, 0.15) is 11.5 Å². The van der Waals surface area contributed by atoms with Crippen LogP contribution in [0.25, 0.3) is 0 Å². The molecule has 0 saturated heterocycles. The minimum Gasteiger partial charge on any atom is -0.507 e. The highest BCUT2D eigenvalue weighted by Gasteiger charge is 2.13. The van der Waals surface area contributed by atoms with Crippen LogP contribution < -0.4 is 10.5 Å². The minimum absolute atomic E-state index is 0.00500. The lowest BCUT2D eigenvalue weighted by molar-refractivity contribution is 0.182. The summed E-state index contributed by atoms with van der Waals surface area (Å²) in [5, 5.41) is 19.0. The summed E-state index contributed by atoms with van der Waals surface area (Å²) < 4.78 is 5.02. The van der Waals surface area contributed by atoms with Crippen LogP contribution in [0.15, 0.2) is 12.1 Å². The van der Waals surface area contributed by atoms with Crippen LogP contribution in [0.3, 0.4) is 0 Å². The first kappa shape index (κ1) is 10.8. The predicted octanol–water partition coefficient (Wildman–Crippen LogP) is 0.701. The summed E-state index contributed by atoms with van der Waals surface area (Å²) in [7, 11) is 1.53. The molecule has 1 rings (SSSR count). The number of benzene rings is 1. The Morgan fingerprint density at radius 2 is 2.14 bits per heavy atom. The van der Waals surface area contributed by atoms with E-state index in [-0.39, 0.29) is 12.3 Å². The fourth-order valence-corrected chi connectivity index (χ4v) is 1.31. The molecule has 0 aliphatic rings. The third-order valence-electron chi connectivity index (χ3n) is 2.13. The highest BCUT2D eigenvalue weighted by molar-refractivity contribution is 5.46. The molecule has 1 aromatic carbocycles. The Balaban J connectivity index is 3.14. The standard InChI is InChI=1S/C10H15NO3/c1-6-3-7(9(13)5-11)8(12)4-10(6)14-2/h3-4,9,12-13H,5,11H2,1-2H3. The minimum atomic E-state index is -0.834. The van der Waals surface area contributed by atoms with Crippen LogP contribution in [0.2, 0.25) is 0 Å². The van der Waals surface area contributed by atoms with E-state index in [9.17, 15) is 10.2 Å². The molecule has 4 nitrogen and oxygen atoms in total. The van der Waals surface area contributed by atoms with Gasteiger partial charge in [0, 0.05) is 18.2 Å². The van der Waals surface area contributed by atoms with E-state index in [1.807, 2.05) is 6.92 Å². The molecular weight excluding hydrogens is 182 g/mol. The lowest BCUT2D eigenvalue weighted by atomic mass is 10.0. The van der Waals surface area contributed by atoms with Gasteiger partial charge in [-0.05, 0) is 18.6 Å². The molecule has 0 radical (unpaired) electrons. The lowest BCUT2D eigenvalue weighted by Crippen LogP contribution is -2.11. The van der Waals surface area contributed by atoms with Crippen LogP contribution in [-0.4, -0.2) is 23.9 Å². The normalized spacial score (nSPS) is 12.6. The topological polar surface area (TPSA) is 75.7 Å². The van der Waals surface area contributed by atoms with Crippen LogP contribution in [0, 0.1) is 6.92 Å². The van der Waals surface area contributed by atoms with E-state index in [0.29, 0.717) is 11.3 Å². The largest absolute Gasteiger partial charge is 0.507 e. The molecule has 0 fully saturated rings. The Labute approximate surface area is 82.9 Å². The van der Waals surface area contributed by atoms with Crippen LogP contribution in [0.5, 0.6) is 11.5 Å². The molecule has 0 aliphatic heterocycles. The highest BCUT2D eigenvalue weighted by Crippen LogP contribution is 2.31. The molecule has 14 heavy (non-hydrogen) atoms. The number of phenolic OH excluding ortho intramolecular Hbond substituents is 1. The van der Waals surface area contributed by atoms with Crippen molar-refractivity contribution < 1.29 is 14.9 Å². The second kappa shape index (κ2) is 4.30. The second-order valence-corrected chi connectivity index (χ2v) is 3.13. The quantitative estimate of drug-likeness (QED) is 0.666. The Bertz CT molecular complexity index is 325. The number of aryl methyl sites for hydroxylation is 1. The summed E-state index contributed by atoms with van der Waals surface area (Å²) in [6.45, 7) is 1.92. The van der Waals surface area contributed by atoms with Gasteiger partial charge >= 0.3 is 0 Å². The fourth-order valence-electron chi connectivity index (χ4n) is 1.31. The maximum Gasteiger partial charge on any atom is 0.125 e. The fraction of sp³-hybridized carbons (Fsp3) is 0.400. The molecule has 0 bridgehead atoms. The molecular formula is C10H15NO3. The zero-order valence-corrected chi connectivity index (χ0v) is 8.32. The lowest BCUT2D eigenvalue weighted by Gasteiger charge is -2.13. The molecule has 1 aromatic rings. The van der Waals surface area contributed by atoms with Gasteiger partial charge in [-0.15, -0.1) is 0 Å². The summed E-state index contributed by atoms with van der Waals surface area (Å²) in [5.41, 5.74) is 6.59. The number of hydrogen-bond acceptors (Lipinski definition) is 4. The Hall–Kier alpha value is -1.26. The zero-order chi connectivity index (χ0) is 10.7. The molecule has 0 amide bonds. The van der Waals surface area contributed by atoms with Crippen molar-refractivity contribution in [3.63, 3.8) is 0 Å². The first-order chi connectivity index (χ1) is 6.60. The first-order valence-corrected chi connectivity index (χ1v) is 4.35. The molecule has 1 atom stereocenters. The van der Waals surface area contributed by atoms with Gasteiger partial charge in [-0.1, -0.05) is 0 Å². The van der Waals surface area contributed by atoms with Crippen molar-refractivity contribution in [1.82, 2.24) is 0 Å². The molecule has 0 saturated carbocycles. The molecule has 0 spiro atoms. The van der Waals surface area contributed by atoms with Gasteiger partial charge in [0.25, 0.3) is 0 Å². The second-order valence-electron chi connectivity index (χ2n) is 3.13. The van der Waals surface area contributed by atoms with Crippen LogP contribution >= 0.6 is 0 Å². The number of ether oxygens (including phenoxy) is 1. The van der Waals surface area contributed by atoms with Gasteiger partial charge in [0.05, 0.1) is 13.2 Å².